The van der Waals surface area contributed by atoms with Gasteiger partial charge in [0.05, 0.1) is 5.69 Å². The van der Waals surface area contributed by atoms with Gasteiger partial charge in [0.15, 0.2) is 17.3 Å². The highest BCUT2D eigenvalue weighted by molar-refractivity contribution is 6.00. The van der Waals surface area contributed by atoms with Crippen LogP contribution in [0.1, 0.15) is 23.1 Å². The first-order chi connectivity index (χ1) is 17.9. The van der Waals surface area contributed by atoms with Crippen molar-refractivity contribution in [3.8, 4) is 11.6 Å². The number of likely N-dealkylation sites (N-methyl/N-ethyl adjacent to an activating group) is 1. The van der Waals surface area contributed by atoms with E-state index >= 15 is 0 Å². The van der Waals surface area contributed by atoms with Crippen LogP contribution in [-0.2, 0) is 11.2 Å². The summed E-state index contributed by atoms with van der Waals surface area (Å²) < 4.78 is 6.07. The van der Waals surface area contributed by atoms with Crippen LogP contribution in [0.4, 0.5) is 22.9 Å². The van der Waals surface area contributed by atoms with Crippen LogP contribution in [0.2, 0.25) is 0 Å². The van der Waals surface area contributed by atoms with Crippen molar-refractivity contribution in [1.82, 2.24) is 14.9 Å². The number of anilines is 4. The standard InChI is InChI=1S/C27H31N7O3/c1-4-20-27(37-22-9-7-6-8-21(22)30-23(35)5-2)32-26(24(31-20)25(28)36)29-18-10-12-19(13-11-18)34-16-14-33(3)15-17-34/h5-13H,2,4,14-17H2,1,3H3,(H2,28,36)(H,29,32)(H,30,35). The third kappa shape index (κ3) is 6.22. The third-order valence-electron chi connectivity index (χ3n) is 6.03. The quantitative estimate of drug-likeness (QED) is 0.380. The topological polar surface area (TPSA) is 126 Å². The SMILES string of the molecule is C=CC(=O)Nc1ccccc1Oc1nc(Nc2ccc(N3CCN(C)CC3)cc2)c(C(N)=O)nc1CC. The van der Waals surface area contributed by atoms with Crippen molar-refractivity contribution in [2.45, 2.75) is 13.3 Å². The summed E-state index contributed by atoms with van der Waals surface area (Å²) >= 11 is 0. The maximum absolute atomic E-state index is 12.2. The molecule has 0 spiro atoms. The Bertz CT molecular complexity index is 1290. The molecule has 1 aromatic heterocycles. The molecule has 0 saturated carbocycles. The molecule has 0 unspecified atom stereocenters. The van der Waals surface area contributed by atoms with Gasteiger partial charge in [-0.1, -0.05) is 25.6 Å². The number of hydrogen-bond acceptors (Lipinski definition) is 8. The second-order valence-corrected chi connectivity index (χ2v) is 8.64. The summed E-state index contributed by atoms with van der Waals surface area (Å²) in [5, 5.41) is 5.87. The maximum Gasteiger partial charge on any atom is 0.271 e. The molecule has 10 nitrogen and oxygen atoms in total. The number of nitrogens with two attached hydrogens (primary N) is 1. The Kier molecular flexibility index (Phi) is 7.99. The second kappa shape index (κ2) is 11.5. The molecule has 192 valence electrons. The second-order valence-electron chi connectivity index (χ2n) is 8.64. The lowest BCUT2D eigenvalue weighted by Crippen LogP contribution is -2.44. The van der Waals surface area contributed by atoms with Gasteiger partial charge in [0.25, 0.3) is 5.91 Å². The van der Waals surface area contributed by atoms with Crippen LogP contribution in [0, 0.1) is 0 Å². The molecule has 1 fully saturated rings. The molecule has 2 aromatic carbocycles. The third-order valence-corrected chi connectivity index (χ3v) is 6.03. The van der Waals surface area contributed by atoms with Gasteiger partial charge >= 0.3 is 0 Å². The first kappa shape index (κ1) is 25.6. The zero-order valence-electron chi connectivity index (χ0n) is 21.0. The number of benzene rings is 2. The highest BCUT2D eigenvalue weighted by Gasteiger charge is 2.20. The molecule has 0 atom stereocenters. The Hall–Kier alpha value is -4.44. The molecular formula is C27H31N7O3. The molecule has 3 aromatic rings. The number of aryl methyl sites for hydroxylation is 1. The number of carbonyl (C=O) groups is 2. The first-order valence-corrected chi connectivity index (χ1v) is 12.1. The lowest BCUT2D eigenvalue weighted by Gasteiger charge is -2.34. The molecule has 10 heteroatoms. The Morgan fingerprint density at radius 2 is 1.78 bits per heavy atom. The van der Waals surface area contributed by atoms with Crippen molar-refractivity contribution < 1.29 is 14.3 Å². The van der Waals surface area contributed by atoms with E-state index in [4.69, 9.17) is 10.5 Å². The van der Waals surface area contributed by atoms with E-state index in [1.165, 1.54) is 6.08 Å². The van der Waals surface area contributed by atoms with E-state index in [0.29, 0.717) is 23.6 Å². The van der Waals surface area contributed by atoms with Crippen molar-refractivity contribution in [1.29, 1.82) is 0 Å². The fraction of sp³-hybridized carbons (Fsp3) is 0.259. The highest BCUT2D eigenvalue weighted by atomic mass is 16.5. The molecule has 2 heterocycles. The van der Waals surface area contributed by atoms with Crippen molar-refractivity contribution in [3.63, 3.8) is 0 Å². The average molecular weight is 502 g/mol. The van der Waals surface area contributed by atoms with Crippen molar-refractivity contribution in [3.05, 3.63) is 72.6 Å². The van der Waals surface area contributed by atoms with Gasteiger partial charge in [-0.15, -0.1) is 0 Å². The minimum Gasteiger partial charge on any atom is -0.435 e. The number of aromatic nitrogens is 2. The number of para-hydroxylation sites is 2. The maximum atomic E-state index is 12.2. The molecule has 4 N–H and O–H groups in total. The fourth-order valence-corrected chi connectivity index (χ4v) is 3.93. The van der Waals surface area contributed by atoms with Crippen LogP contribution in [-0.4, -0.2) is 59.9 Å². The van der Waals surface area contributed by atoms with Gasteiger partial charge in [0.2, 0.25) is 11.8 Å². The Labute approximate surface area is 216 Å². The van der Waals surface area contributed by atoms with Gasteiger partial charge in [-0.05, 0) is 55.9 Å². The number of piperazine rings is 1. The van der Waals surface area contributed by atoms with E-state index in [0.717, 1.165) is 37.6 Å². The lowest BCUT2D eigenvalue weighted by atomic mass is 10.2. The van der Waals surface area contributed by atoms with Gasteiger partial charge in [-0.2, -0.15) is 4.98 Å². The van der Waals surface area contributed by atoms with E-state index in [1.54, 1.807) is 24.3 Å². The summed E-state index contributed by atoms with van der Waals surface area (Å²) in [5.74, 6) is -0.326. The number of amides is 2. The van der Waals surface area contributed by atoms with Gasteiger partial charge in [0, 0.05) is 37.6 Å². The number of primary amides is 1. The van der Waals surface area contributed by atoms with E-state index in [2.05, 4.69) is 44.0 Å². The highest BCUT2D eigenvalue weighted by Crippen LogP contribution is 2.32. The number of nitrogens with one attached hydrogen (secondary N) is 2. The molecule has 37 heavy (non-hydrogen) atoms. The van der Waals surface area contributed by atoms with Crippen LogP contribution < -0.4 is 26.0 Å². The van der Waals surface area contributed by atoms with Crippen molar-refractivity contribution in [2.24, 2.45) is 5.73 Å². The van der Waals surface area contributed by atoms with Crippen molar-refractivity contribution >= 4 is 34.7 Å². The van der Waals surface area contributed by atoms with Crippen LogP contribution >= 0.6 is 0 Å². The number of ether oxygens (including phenoxy) is 1. The molecule has 1 saturated heterocycles. The summed E-state index contributed by atoms with van der Waals surface area (Å²) in [6, 6.07) is 14.9. The average Bonchev–Trinajstić information content (AvgIpc) is 2.90. The minimum absolute atomic E-state index is 0.0144. The lowest BCUT2D eigenvalue weighted by molar-refractivity contribution is -0.111. The minimum atomic E-state index is -0.705. The Balaban J connectivity index is 1.62. The number of rotatable bonds is 9. The fourth-order valence-electron chi connectivity index (χ4n) is 3.93. The van der Waals surface area contributed by atoms with Crippen molar-refractivity contribution in [2.75, 3.05) is 48.8 Å². The predicted octanol–water partition coefficient (Wildman–Crippen LogP) is 3.55. The largest absolute Gasteiger partial charge is 0.435 e. The molecule has 1 aliphatic heterocycles. The monoisotopic (exact) mass is 501 g/mol. The number of carbonyl (C=O) groups excluding carboxylic acids is 2. The normalized spacial score (nSPS) is 13.6. The Morgan fingerprint density at radius 1 is 1.08 bits per heavy atom. The predicted molar refractivity (Wildman–Crippen MR) is 145 cm³/mol. The van der Waals surface area contributed by atoms with Crippen LogP contribution in [0.5, 0.6) is 11.6 Å². The molecule has 1 aliphatic rings. The van der Waals surface area contributed by atoms with Gasteiger partial charge in [-0.3, -0.25) is 9.59 Å². The molecule has 2 amide bonds. The molecule has 0 aliphatic carbocycles. The summed E-state index contributed by atoms with van der Waals surface area (Å²) in [5.41, 5.74) is 8.40. The molecular weight excluding hydrogens is 470 g/mol. The number of nitrogens with zero attached hydrogens (tertiary/aromatic N) is 4. The summed E-state index contributed by atoms with van der Waals surface area (Å²) in [4.78, 5) is 37.7. The summed E-state index contributed by atoms with van der Waals surface area (Å²) in [6.07, 6.45) is 1.62. The van der Waals surface area contributed by atoms with Crippen LogP contribution in [0.3, 0.4) is 0 Å². The number of hydrogen-bond donors (Lipinski definition) is 3. The molecule has 0 radical (unpaired) electrons. The Morgan fingerprint density at radius 3 is 2.43 bits per heavy atom. The summed E-state index contributed by atoms with van der Waals surface area (Å²) in [6.45, 7) is 9.32. The van der Waals surface area contributed by atoms with Gasteiger partial charge in [0.1, 0.15) is 5.69 Å². The van der Waals surface area contributed by atoms with E-state index in [-0.39, 0.29) is 23.3 Å². The molecule has 4 rings (SSSR count). The van der Waals surface area contributed by atoms with Gasteiger partial charge < -0.3 is 30.9 Å². The molecule has 0 bridgehead atoms. The first-order valence-electron chi connectivity index (χ1n) is 12.1. The van der Waals surface area contributed by atoms with Crippen LogP contribution in [0.25, 0.3) is 0 Å². The van der Waals surface area contributed by atoms with E-state index in [9.17, 15) is 9.59 Å². The summed E-state index contributed by atoms with van der Waals surface area (Å²) in [7, 11) is 2.12. The van der Waals surface area contributed by atoms with Gasteiger partial charge in [-0.25, -0.2) is 4.98 Å². The van der Waals surface area contributed by atoms with Crippen LogP contribution in [0.15, 0.2) is 61.2 Å². The smallest absolute Gasteiger partial charge is 0.271 e. The zero-order chi connectivity index (χ0) is 26.4. The zero-order valence-corrected chi connectivity index (χ0v) is 21.0. The van der Waals surface area contributed by atoms with E-state index < -0.39 is 5.91 Å². The van der Waals surface area contributed by atoms with E-state index in [1.807, 2.05) is 31.2 Å².